The number of nitrogens with one attached hydrogen (secondary N) is 1. The molecule has 0 aliphatic carbocycles. The van der Waals surface area contributed by atoms with Crippen LogP contribution >= 0.6 is 0 Å². The number of rotatable bonds is 7. The second-order valence-corrected chi connectivity index (χ2v) is 6.16. The molecule has 0 saturated heterocycles. The monoisotopic (exact) mass is 390 g/mol. The minimum atomic E-state index is -0.413. The molecular formula is C20H18N6O3. The molecule has 0 radical (unpaired) electrons. The van der Waals surface area contributed by atoms with Crippen LogP contribution in [0.25, 0.3) is 11.1 Å². The van der Waals surface area contributed by atoms with Crippen LogP contribution < -0.4 is 11.1 Å². The molecule has 0 bridgehead atoms. The van der Waals surface area contributed by atoms with Crippen molar-refractivity contribution in [2.24, 2.45) is 0 Å². The number of fused-ring (bicyclic) bond motifs is 1. The second kappa shape index (κ2) is 8.34. The third-order valence-corrected chi connectivity index (χ3v) is 3.97. The summed E-state index contributed by atoms with van der Waals surface area (Å²) in [4.78, 5) is 28.7. The van der Waals surface area contributed by atoms with Gasteiger partial charge in [-0.15, -0.1) is 0 Å². The molecule has 146 valence electrons. The molecule has 9 nitrogen and oxygen atoms in total. The molecule has 0 fully saturated rings. The van der Waals surface area contributed by atoms with Gasteiger partial charge in [-0.3, -0.25) is 4.79 Å². The average molecular weight is 390 g/mol. The Balaban J connectivity index is 1.32. The number of para-hydroxylation sites is 3. The first-order valence-electron chi connectivity index (χ1n) is 8.98. The summed E-state index contributed by atoms with van der Waals surface area (Å²) in [5.74, 6) is 0.647. The van der Waals surface area contributed by atoms with Crippen molar-refractivity contribution in [2.75, 3.05) is 11.1 Å². The van der Waals surface area contributed by atoms with E-state index in [4.69, 9.17) is 14.9 Å². The Morgan fingerprint density at radius 3 is 2.62 bits per heavy atom. The van der Waals surface area contributed by atoms with Gasteiger partial charge in [0.1, 0.15) is 5.52 Å². The minimum absolute atomic E-state index is 0.0379. The Hall–Kier alpha value is -4.01. The maximum absolute atomic E-state index is 12.1. The van der Waals surface area contributed by atoms with Crippen molar-refractivity contribution in [3.8, 4) is 0 Å². The lowest BCUT2D eigenvalue weighted by Crippen LogP contribution is -2.11. The zero-order valence-electron chi connectivity index (χ0n) is 15.4. The number of aryl methyl sites for hydroxylation is 1. The molecule has 0 aliphatic rings. The van der Waals surface area contributed by atoms with Gasteiger partial charge in [0.2, 0.25) is 11.9 Å². The maximum Gasteiger partial charge on any atom is 0.306 e. The summed E-state index contributed by atoms with van der Waals surface area (Å²) in [6.07, 6.45) is 0.468. The third-order valence-electron chi connectivity index (χ3n) is 3.97. The van der Waals surface area contributed by atoms with Gasteiger partial charge in [-0.2, -0.15) is 15.0 Å². The summed E-state index contributed by atoms with van der Waals surface area (Å²) in [7, 11) is 0. The average Bonchev–Trinajstić information content (AvgIpc) is 3.14. The number of esters is 1. The Labute approximate surface area is 166 Å². The molecule has 0 atom stereocenters. The number of ether oxygens (including phenoxy) is 1. The second-order valence-electron chi connectivity index (χ2n) is 6.16. The fourth-order valence-electron chi connectivity index (χ4n) is 2.66. The van der Waals surface area contributed by atoms with Gasteiger partial charge in [0, 0.05) is 12.1 Å². The van der Waals surface area contributed by atoms with Gasteiger partial charge in [0.05, 0.1) is 6.42 Å². The van der Waals surface area contributed by atoms with E-state index in [1.54, 1.807) is 0 Å². The fraction of sp³-hybridized carbons (Fsp3) is 0.150. The molecule has 0 spiro atoms. The maximum atomic E-state index is 12.1. The lowest BCUT2D eigenvalue weighted by molar-refractivity contribution is -0.145. The number of hydrogen-bond donors (Lipinski definition) is 2. The molecule has 0 unspecified atom stereocenters. The first-order valence-corrected chi connectivity index (χ1v) is 8.98. The smallest absolute Gasteiger partial charge is 0.306 e. The van der Waals surface area contributed by atoms with Crippen LogP contribution in [-0.2, 0) is 22.6 Å². The van der Waals surface area contributed by atoms with Gasteiger partial charge in [0.15, 0.2) is 23.9 Å². The van der Waals surface area contributed by atoms with E-state index in [1.807, 2.05) is 54.6 Å². The van der Waals surface area contributed by atoms with Crippen molar-refractivity contribution in [1.29, 1.82) is 0 Å². The van der Waals surface area contributed by atoms with E-state index in [0.29, 0.717) is 17.9 Å². The molecule has 2 aromatic carbocycles. The minimum Gasteiger partial charge on any atom is -0.457 e. The highest BCUT2D eigenvalue weighted by Crippen LogP contribution is 2.16. The molecule has 0 saturated carbocycles. The van der Waals surface area contributed by atoms with Crippen LogP contribution in [0.2, 0.25) is 0 Å². The van der Waals surface area contributed by atoms with Crippen molar-refractivity contribution in [2.45, 2.75) is 19.4 Å². The number of nitrogen functional groups attached to an aromatic ring is 1. The van der Waals surface area contributed by atoms with E-state index < -0.39 is 5.97 Å². The van der Waals surface area contributed by atoms with Crippen LogP contribution in [0.5, 0.6) is 0 Å². The first kappa shape index (κ1) is 18.4. The number of carbonyl (C=O) groups is 1. The van der Waals surface area contributed by atoms with Crippen LogP contribution in [0.4, 0.5) is 17.6 Å². The molecule has 2 aromatic heterocycles. The Morgan fingerprint density at radius 2 is 1.79 bits per heavy atom. The Morgan fingerprint density at radius 1 is 1.00 bits per heavy atom. The number of aromatic nitrogens is 4. The summed E-state index contributed by atoms with van der Waals surface area (Å²) >= 11 is 0. The predicted molar refractivity (Wildman–Crippen MR) is 106 cm³/mol. The van der Waals surface area contributed by atoms with E-state index in [2.05, 4.69) is 25.3 Å². The third kappa shape index (κ3) is 4.83. The quantitative estimate of drug-likeness (QED) is 0.457. The summed E-state index contributed by atoms with van der Waals surface area (Å²) in [5.41, 5.74) is 7.98. The van der Waals surface area contributed by atoms with Gasteiger partial charge >= 0.3 is 5.97 Å². The first-order chi connectivity index (χ1) is 14.2. The normalized spacial score (nSPS) is 10.8. The number of oxazole rings is 1. The van der Waals surface area contributed by atoms with Gasteiger partial charge < -0.3 is 20.2 Å². The van der Waals surface area contributed by atoms with E-state index >= 15 is 0 Å². The summed E-state index contributed by atoms with van der Waals surface area (Å²) in [6, 6.07) is 16.8. The zero-order valence-corrected chi connectivity index (χ0v) is 15.4. The van der Waals surface area contributed by atoms with E-state index in [9.17, 15) is 4.79 Å². The highest BCUT2D eigenvalue weighted by Gasteiger charge is 2.11. The summed E-state index contributed by atoms with van der Waals surface area (Å²) in [6.45, 7) is -0.109. The molecular weight excluding hydrogens is 372 g/mol. The van der Waals surface area contributed by atoms with Gasteiger partial charge in [0.25, 0.3) is 0 Å². The van der Waals surface area contributed by atoms with E-state index in [-0.39, 0.29) is 30.7 Å². The van der Waals surface area contributed by atoms with Crippen LogP contribution in [0, 0.1) is 0 Å². The lowest BCUT2D eigenvalue weighted by Gasteiger charge is -2.07. The Bertz CT molecular complexity index is 1100. The number of benzene rings is 2. The number of nitrogens with two attached hydrogens (primary N) is 1. The van der Waals surface area contributed by atoms with Crippen LogP contribution in [0.15, 0.2) is 59.0 Å². The van der Waals surface area contributed by atoms with Crippen molar-refractivity contribution < 1.29 is 13.9 Å². The van der Waals surface area contributed by atoms with E-state index in [0.717, 1.165) is 11.2 Å². The highest BCUT2D eigenvalue weighted by molar-refractivity contribution is 5.72. The zero-order chi connectivity index (χ0) is 20.1. The summed E-state index contributed by atoms with van der Waals surface area (Å²) < 4.78 is 10.8. The largest absolute Gasteiger partial charge is 0.457 e. The lowest BCUT2D eigenvalue weighted by atomic mass is 10.3. The van der Waals surface area contributed by atoms with Gasteiger partial charge in [-0.1, -0.05) is 30.3 Å². The van der Waals surface area contributed by atoms with Crippen molar-refractivity contribution in [3.05, 3.63) is 66.3 Å². The van der Waals surface area contributed by atoms with Gasteiger partial charge in [-0.05, 0) is 24.3 Å². The highest BCUT2D eigenvalue weighted by atomic mass is 16.5. The van der Waals surface area contributed by atoms with Crippen LogP contribution in [0.3, 0.4) is 0 Å². The van der Waals surface area contributed by atoms with Crippen molar-refractivity contribution in [3.63, 3.8) is 0 Å². The number of anilines is 3. The summed E-state index contributed by atoms with van der Waals surface area (Å²) in [5, 5.41) is 3.03. The van der Waals surface area contributed by atoms with Crippen LogP contribution in [0.1, 0.15) is 18.1 Å². The number of hydrogen-bond acceptors (Lipinski definition) is 9. The molecule has 2 heterocycles. The van der Waals surface area contributed by atoms with Crippen molar-refractivity contribution in [1.82, 2.24) is 19.9 Å². The van der Waals surface area contributed by atoms with E-state index in [1.165, 1.54) is 0 Å². The predicted octanol–water partition coefficient (Wildman–Crippen LogP) is 3.01. The molecule has 4 rings (SSSR count). The molecule has 0 amide bonds. The molecule has 3 N–H and O–H groups in total. The topological polar surface area (TPSA) is 129 Å². The standard InChI is InChI=1S/C20H18N6O3/c21-19-24-16(25-20(26-19)22-13-6-2-1-3-7-13)12-28-18(27)11-10-17-23-14-8-4-5-9-15(14)29-17/h1-9H,10-12H2,(H3,21,22,24,25,26). The molecule has 29 heavy (non-hydrogen) atoms. The van der Waals surface area contributed by atoms with Gasteiger partial charge in [-0.25, -0.2) is 4.98 Å². The number of nitrogens with zero attached hydrogens (tertiary/aromatic N) is 4. The molecule has 0 aliphatic heterocycles. The fourth-order valence-corrected chi connectivity index (χ4v) is 2.66. The SMILES string of the molecule is Nc1nc(COC(=O)CCc2nc3ccccc3o2)nc(Nc2ccccc2)n1. The van der Waals surface area contributed by atoms with Crippen LogP contribution in [-0.4, -0.2) is 25.9 Å². The Kier molecular flexibility index (Phi) is 5.28. The molecule has 4 aromatic rings. The van der Waals surface area contributed by atoms with Crippen molar-refractivity contribution >= 4 is 34.7 Å². The molecule has 9 heteroatoms. The number of carbonyl (C=O) groups excluding carboxylic acids is 1.